The van der Waals surface area contributed by atoms with E-state index in [1.54, 1.807) is 15.8 Å². The third-order valence-corrected chi connectivity index (χ3v) is 9.00. The van der Waals surface area contributed by atoms with E-state index in [1.807, 2.05) is 6.07 Å². The van der Waals surface area contributed by atoms with E-state index < -0.39 is 10.0 Å². The molecule has 1 aromatic carbocycles. The maximum absolute atomic E-state index is 13.3. The Kier molecular flexibility index (Phi) is 4.91. The molecule has 0 N–H and O–H groups in total. The van der Waals surface area contributed by atoms with E-state index >= 15 is 0 Å². The number of nitrogens with zero attached hydrogens (tertiary/aromatic N) is 4. The summed E-state index contributed by atoms with van der Waals surface area (Å²) in [5.74, 6) is 1.49. The summed E-state index contributed by atoms with van der Waals surface area (Å²) in [5.41, 5.74) is 3.04. The molecule has 158 valence electrons. The van der Waals surface area contributed by atoms with Crippen LogP contribution in [0.3, 0.4) is 0 Å². The van der Waals surface area contributed by atoms with E-state index in [9.17, 15) is 8.42 Å². The van der Waals surface area contributed by atoms with Crippen molar-refractivity contribution in [2.75, 3.05) is 24.5 Å². The number of aromatic nitrogens is 2. The van der Waals surface area contributed by atoms with Gasteiger partial charge in [0.2, 0.25) is 11.7 Å². The molecule has 9 heteroatoms. The van der Waals surface area contributed by atoms with Crippen LogP contribution in [0.4, 0.5) is 5.69 Å². The summed E-state index contributed by atoms with van der Waals surface area (Å²) in [4.78, 5) is 6.70. The normalized spacial score (nSPS) is 20.6. The van der Waals surface area contributed by atoms with Gasteiger partial charge in [-0.05, 0) is 50.5 Å². The van der Waals surface area contributed by atoms with Gasteiger partial charge in [-0.1, -0.05) is 17.3 Å². The molecular formula is C21H24N4O3S2. The van der Waals surface area contributed by atoms with Crippen molar-refractivity contribution in [1.29, 1.82) is 0 Å². The highest BCUT2D eigenvalue weighted by Crippen LogP contribution is 2.40. The predicted octanol–water partition coefficient (Wildman–Crippen LogP) is 3.88. The summed E-state index contributed by atoms with van der Waals surface area (Å²) in [6.45, 7) is 5.72. The molecule has 1 aliphatic heterocycles. The number of sulfonamides is 1. The second kappa shape index (κ2) is 7.47. The number of anilines is 1. The van der Waals surface area contributed by atoms with E-state index in [2.05, 4.69) is 47.1 Å². The topological polar surface area (TPSA) is 79.5 Å². The molecule has 2 fully saturated rings. The highest BCUT2D eigenvalue weighted by atomic mass is 32.2. The third-order valence-electron chi connectivity index (χ3n) is 5.72. The molecule has 0 amide bonds. The zero-order valence-electron chi connectivity index (χ0n) is 17.0. The van der Waals surface area contributed by atoms with Crippen LogP contribution in [0.2, 0.25) is 0 Å². The lowest BCUT2D eigenvalue weighted by Crippen LogP contribution is -2.53. The smallest absolute Gasteiger partial charge is 0.252 e. The van der Waals surface area contributed by atoms with Gasteiger partial charge in [0.1, 0.15) is 4.21 Å². The maximum atomic E-state index is 13.3. The molecule has 0 spiro atoms. The Labute approximate surface area is 180 Å². The quantitative estimate of drug-likeness (QED) is 0.594. The Balaban J connectivity index is 1.32. The zero-order chi connectivity index (χ0) is 20.9. The molecule has 0 bridgehead atoms. The molecule has 0 radical (unpaired) electrons. The minimum Gasteiger partial charge on any atom is -0.366 e. The molecule has 2 aromatic heterocycles. The first-order valence-corrected chi connectivity index (χ1v) is 12.5. The molecule has 3 aromatic rings. The van der Waals surface area contributed by atoms with Crippen LogP contribution in [0.15, 0.2) is 44.4 Å². The number of benzene rings is 1. The third kappa shape index (κ3) is 3.66. The maximum Gasteiger partial charge on any atom is 0.252 e. The van der Waals surface area contributed by atoms with Crippen LogP contribution < -0.4 is 4.90 Å². The van der Waals surface area contributed by atoms with Gasteiger partial charge in [-0.2, -0.15) is 9.29 Å². The minimum atomic E-state index is -3.55. The van der Waals surface area contributed by atoms with Crippen molar-refractivity contribution < 1.29 is 12.9 Å². The van der Waals surface area contributed by atoms with Crippen molar-refractivity contribution in [2.24, 2.45) is 0 Å². The number of thiophene rings is 1. The first-order valence-electron chi connectivity index (χ1n) is 10.2. The van der Waals surface area contributed by atoms with Crippen LogP contribution in [0.25, 0.3) is 11.4 Å². The molecule has 1 saturated heterocycles. The lowest BCUT2D eigenvalue weighted by atomic mass is 10.1. The van der Waals surface area contributed by atoms with Gasteiger partial charge in [0.05, 0.1) is 0 Å². The van der Waals surface area contributed by atoms with E-state index in [0.717, 1.165) is 18.5 Å². The zero-order valence-corrected chi connectivity index (χ0v) is 18.6. The number of piperazine rings is 1. The lowest BCUT2D eigenvalue weighted by Gasteiger charge is -2.40. The van der Waals surface area contributed by atoms with Crippen LogP contribution >= 0.6 is 11.3 Å². The van der Waals surface area contributed by atoms with Crippen molar-refractivity contribution in [2.45, 2.75) is 42.9 Å². The first kappa shape index (κ1) is 19.7. The molecule has 5 rings (SSSR count). The summed E-state index contributed by atoms with van der Waals surface area (Å²) in [5, 5.41) is 5.82. The molecule has 1 unspecified atom stereocenters. The summed E-state index contributed by atoms with van der Waals surface area (Å²) < 4.78 is 33.7. The van der Waals surface area contributed by atoms with Gasteiger partial charge in [0, 0.05) is 48.2 Å². The van der Waals surface area contributed by atoms with Crippen LogP contribution in [-0.2, 0) is 10.0 Å². The Morgan fingerprint density at radius 3 is 2.77 bits per heavy atom. The first-order chi connectivity index (χ1) is 14.4. The summed E-state index contributed by atoms with van der Waals surface area (Å²) in [6, 6.07) is 10.1. The molecule has 2 aliphatic rings. The van der Waals surface area contributed by atoms with Gasteiger partial charge >= 0.3 is 0 Å². The fourth-order valence-corrected chi connectivity index (χ4v) is 6.70. The molecular weight excluding hydrogens is 420 g/mol. The number of aryl methyl sites for hydroxylation is 1. The number of hydrogen-bond acceptors (Lipinski definition) is 7. The summed E-state index contributed by atoms with van der Waals surface area (Å²) in [7, 11) is -3.55. The molecule has 30 heavy (non-hydrogen) atoms. The Morgan fingerprint density at radius 2 is 2.03 bits per heavy atom. The van der Waals surface area contributed by atoms with Crippen LogP contribution in [0.5, 0.6) is 0 Å². The van der Waals surface area contributed by atoms with Crippen LogP contribution in [-0.4, -0.2) is 48.5 Å². The van der Waals surface area contributed by atoms with Crippen LogP contribution in [0, 0.1) is 6.92 Å². The van der Waals surface area contributed by atoms with Gasteiger partial charge in [-0.25, -0.2) is 8.42 Å². The number of rotatable bonds is 5. The van der Waals surface area contributed by atoms with Gasteiger partial charge in [0.15, 0.2) is 0 Å². The van der Waals surface area contributed by atoms with Crippen molar-refractivity contribution in [3.8, 4) is 11.4 Å². The van der Waals surface area contributed by atoms with Crippen LogP contribution in [0.1, 0.15) is 37.1 Å². The molecule has 3 heterocycles. The molecule has 1 saturated carbocycles. The monoisotopic (exact) mass is 444 g/mol. The van der Waals surface area contributed by atoms with Crippen molar-refractivity contribution in [1.82, 2.24) is 14.4 Å². The summed E-state index contributed by atoms with van der Waals surface area (Å²) in [6.07, 6.45) is 2.16. The van der Waals surface area contributed by atoms with E-state index in [-0.39, 0.29) is 6.04 Å². The van der Waals surface area contributed by atoms with Gasteiger partial charge in [-0.15, -0.1) is 11.3 Å². The predicted molar refractivity (Wildman–Crippen MR) is 116 cm³/mol. The van der Waals surface area contributed by atoms with Gasteiger partial charge in [-0.3, -0.25) is 0 Å². The van der Waals surface area contributed by atoms with E-state index in [4.69, 9.17) is 4.52 Å². The van der Waals surface area contributed by atoms with Crippen molar-refractivity contribution >= 4 is 27.0 Å². The largest absolute Gasteiger partial charge is 0.366 e. The highest BCUT2D eigenvalue weighted by Gasteiger charge is 2.34. The van der Waals surface area contributed by atoms with Crippen molar-refractivity contribution in [3.05, 3.63) is 47.2 Å². The highest BCUT2D eigenvalue weighted by molar-refractivity contribution is 7.91. The molecule has 7 nitrogen and oxygen atoms in total. The SMILES string of the molecule is Cc1cccc(N2CCN(S(=O)(=O)c3cc(-c4noc(C5CC5)n4)cs3)CC2C)c1. The average molecular weight is 445 g/mol. The standard InChI is InChI=1S/C21H24N4O3S2/c1-14-4-3-5-18(10-14)25-9-8-24(12-15(25)2)30(26,27)19-11-17(13-29-19)20-22-21(28-23-20)16-6-7-16/h3-5,10-11,13,15-16H,6-9,12H2,1-2H3. The Hall–Kier alpha value is -2.23. The average Bonchev–Trinajstić information content (AvgIpc) is 3.24. The Morgan fingerprint density at radius 1 is 1.20 bits per heavy atom. The van der Waals surface area contributed by atoms with Gasteiger partial charge < -0.3 is 9.42 Å². The van der Waals surface area contributed by atoms with E-state index in [1.165, 1.54) is 16.9 Å². The Bertz CT molecular complexity index is 1170. The van der Waals surface area contributed by atoms with Gasteiger partial charge in [0.25, 0.3) is 10.0 Å². The molecule has 1 atom stereocenters. The fourth-order valence-electron chi connectivity index (χ4n) is 3.88. The second-order valence-electron chi connectivity index (χ2n) is 8.13. The summed E-state index contributed by atoms with van der Waals surface area (Å²) >= 11 is 1.21. The fraction of sp³-hybridized carbons (Fsp3) is 0.429. The van der Waals surface area contributed by atoms with E-state index in [0.29, 0.717) is 47.0 Å². The lowest BCUT2D eigenvalue weighted by molar-refractivity contribution is 0.343. The van der Waals surface area contributed by atoms with Crippen molar-refractivity contribution in [3.63, 3.8) is 0 Å². The minimum absolute atomic E-state index is 0.0908. The molecule has 1 aliphatic carbocycles. The number of hydrogen-bond donors (Lipinski definition) is 0. The second-order valence-corrected chi connectivity index (χ2v) is 11.2.